The van der Waals surface area contributed by atoms with E-state index in [-0.39, 0.29) is 5.91 Å². The van der Waals surface area contributed by atoms with E-state index in [4.69, 9.17) is 5.73 Å². The molecule has 28 heavy (non-hydrogen) atoms. The zero-order valence-electron chi connectivity index (χ0n) is 17.6. The van der Waals surface area contributed by atoms with Crippen LogP contribution in [0.4, 0.5) is 5.69 Å². The molecule has 4 heteroatoms. The fourth-order valence-electron chi connectivity index (χ4n) is 2.57. The molecule has 0 bridgehead atoms. The monoisotopic (exact) mass is 380 g/mol. The number of allylic oxidation sites excluding steroid dienone is 7. The molecular weight excluding hydrogens is 348 g/mol. The predicted octanol–water partition coefficient (Wildman–Crippen LogP) is 5.50. The number of hydrogen-bond donors (Lipinski definition) is 2. The molecule has 0 aliphatic heterocycles. The van der Waals surface area contributed by atoms with E-state index in [0.717, 1.165) is 36.7 Å². The second-order valence-corrected chi connectivity index (χ2v) is 7.01. The third-order valence-electron chi connectivity index (χ3n) is 4.39. The summed E-state index contributed by atoms with van der Waals surface area (Å²) >= 11 is 0. The molecule has 0 heterocycles. The van der Waals surface area contributed by atoms with Crippen molar-refractivity contribution in [2.24, 2.45) is 0 Å². The number of nitrogens with two attached hydrogens (primary N) is 1. The first-order valence-electron chi connectivity index (χ1n) is 9.69. The Morgan fingerprint density at radius 2 is 1.68 bits per heavy atom. The Bertz CT molecular complexity index is 810. The molecule has 0 aliphatic carbocycles. The van der Waals surface area contributed by atoms with Crippen LogP contribution in [0.1, 0.15) is 64.2 Å². The van der Waals surface area contributed by atoms with E-state index >= 15 is 0 Å². The van der Waals surface area contributed by atoms with Crippen LogP contribution in [0.2, 0.25) is 0 Å². The van der Waals surface area contributed by atoms with Crippen LogP contribution in [0.15, 0.2) is 70.5 Å². The van der Waals surface area contributed by atoms with Gasteiger partial charge in [0.15, 0.2) is 0 Å². The van der Waals surface area contributed by atoms with Gasteiger partial charge in [0.2, 0.25) is 0 Å². The van der Waals surface area contributed by atoms with Crippen molar-refractivity contribution in [3.8, 4) is 0 Å². The first-order valence-corrected chi connectivity index (χ1v) is 9.69. The van der Waals surface area contributed by atoms with Crippen molar-refractivity contribution < 1.29 is 9.59 Å². The average Bonchev–Trinajstić information content (AvgIpc) is 2.67. The highest BCUT2D eigenvalue weighted by atomic mass is 16.1. The molecule has 0 aliphatic rings. The first kappa shape index (κ1) is 23.2. The minimum absolute atomic E-state index is 0.199. The largest absolute Gasteiger partial charge is 0.399 e. The summed E-state index contributed by atoms with van der Waals surface area (Å²) in [6.45, 7) is 10.0. The molecule has 0 spiro atoms. The summed E-state index contributed by atoms with van der Waals surface area (Å²) in [4.78, 5) is 23.8. The van der Waals surface area contributed by atoms with Gasteiger partial charge in [-0.3, -0.25) is 9.59 Å². The number of anilines is 1. The van der Waals surface area contributed by atoms with Crippen molar-refractivity contribution in [3.05, 3.63) is 76.0 Å². The van der Waals surface area contributed by atoms with Crippen LogP contribution in [-0.2, 0) is 4.79 Å². The molecular formula is C24H32N2O2. The molecule has 1 amide bonds. The zero-order chi connectivity index (χ0) is 21.1. The number of carbonyl (C=O) groups excluding carboxylic acids is 2. The molecule has 0 atom stereocenters. The third-order valence-corrected chi connectivity index (χ3v) is 4.39. The topological polar surface area (TPSA) is 72.2 Å². The summed E-state index contributed by atoms with van der Waals surface area (Å²) < 4.78 is 0. The summed E-state index contributed by atoms with van der Waals surface area (Å²) in [6.07, 6.45) is 9.42. The van der Waals surface area contributed by atoms with Gasteiger partial charge in [0.25, 0.3) is 5.91 Å². The number of nitrogen functional groups attached to an aromatic ring is 1. The van der Waals surface area contributed by atoms with Crippen LogP contribution < -0.4 is 11.1 Å². The molecule has 0 aromatic heterocycles. The summed E-state index contributed by atoms with van der Waals surface area (Å²) in [6, 6.07) is 6.82. The third kappa shape index (κ3) is 7.78. The van der Waals surface area contributed by atoms with Crippen molar-refractivity contribution in [3.63, 3.8) is 0 Å². The fourth-order valence-corrected chi connectivity index (χ4v) is 2.57. The molecule has 0 saturated carbocycles. The van der Waals surface area contributed by atoms with Crippen LogP contribution in [0.25, 0.3) is 0 Å². The van der Waals surface area contributed by atoms with Gasteiger partial charge in [0, 0.05) is 16.9 Å². The molecule has 0 saturated heterocycles. The lowest BCUT2D eigenvalue weighted by Crippen LogP contribution is -2.22. The van der Waals surface area contributed by atoms with Gasteiger partial charge in [-0.05, 0) is 87.3 Å². The van der Waals surface area contributed by atoms with Crippen LogP contribution in [-0.4, -0.2) is 12.2 Å². The second-order valence-electron chi connectivity index (χ2n) is 7.01. The molecule has 0 unspecified atom stereocenters. The maximum Gasteiger partial charge on any atom is 0.255 e. The van der Waals surface area contributed by atoms with Crippen LogP contribution >= 0.6 is 0 Å². The highest BCUT2D eigenvalue weighted by Gasteiger charge is 2.08. The van der Waals surface area contributed by atoms with Crippen molar-refractivity contribution in [1.29, 1.82) is 0 Å². The molecule has 1 rings (SSSR count). The van der Waals surface area contributed by atoms with Gasteiger partial charge in [-0.25, -0.2) is 0 Å². The first-order chi connectivity index (χ1) is 13.3. The smallest absolute Gasteiger partial charge is 0.255 e. The second kappa shape index (κ2) is 11.8. The Balaban J connectivity index is 3.36. The molecule has 1 aromatic carbocycles. The number of nitrogens with one attached hydrogen (secondary N) is 1. The molecule has 150 valence electrons. The summed E-state index contributed by atoms with van der Waals surface area (Å²) in [5, 5.41) is 2.99. The van der Waals surface area contributed by atoms with Crippen molar-refractivity contribution >= 4 is 17.9 Å². The maximum absolute atomic E-state index is 12.7. The Morgan fingerprint density at radius 3 is 2.21 bits per heavy atom. The van der Waals surface area contributed by atoms with Crippen LogP contribution in [0, 0.1) is 0 Å². The number of rotatable bonds is 9. The number of benzene rings is 1. The van der Waals surface area contributed by atoms with E-state index < -0.39 is 0 Å². The number of amides is 1. The lowest BCUT2D eigenvalue weighted by atomic mass is 10.0. The quantitative estimate of drug-likeness (QED) is 0.257. The van der Waals surface area contributed by atoms with E-state index in [9.17, 15) is 9.59 Å². The van der Waals surface area contributed by atoms with Gasteiger partial charge >= 0.3 is 0 Å². The lowest BCUT2D eigenvalue weighted by molar-refractivity contribution is -0.104. The van der Waals surface area contributed by atoms with Crippen LogP contribution in [0.3, 0.4) is 0 Å². The fraction of sp³-hybridized carbons (Fsp3) is 0.333. The minimum Gasteiger partial charge on any atom is -0.399 e. The van der Waals surface area contributed by atoms with Gasteiger partial charge in [-0.15, -0.1) is 0 Å². The van der Waals surface area contributed by atoms with Crippen molar-refractivity contribution in [2.75, 3.05) is 5.73 Å². The normalized spacial score (nSPS) is 13.8. The number of carbonyl (C=O) groups is 2. The average molecular weight is 381 g/mol. The van der Waals surface area contributed by atoms with Gasteiger partial charge in [-0.1, -0.05) is 31.4 Å². The number of hydrogen-bond acceptors (Lipinski definition) is 3. The summed E-state index contributed by atoms with van der Waals surface area (Å²) in [5.74, 6) is -0.199. The lowest BCUT2D eigenvalue weighted by Gasteiger charge is -2.11. The Hall–Kier alpha value is -2.88. The molecule has 4 nitrogen and oxygen atoms in total. The Kier molecular flexibility index (Phi) is 9.72. The predicted molar refractivity (Wildman–Crippen MR) is 118 cm³/mol. The minimum atomic E-state index is -0.199. The zero-order valence-corrected chi connectivity index (χ0v) is 17.6. The molecule has 0 radical (unpaired) electrons. The van der Waals surface area contributed by atoms with Gasteiger partial charge in [-0.2, -0.15) is 0 Å². The Labute approximate surface area is 168 Å². The van der Waals surface area contributed by atoms with Gasteiger partial charge < -0.3 is 11.1 Å². The van der Waals surface area contributed by atoms with Gasteiger partial charge in [0.1, 0.15) is 6.29 Å². The van der Waals surface area contributed by atoms with E-state index in [2.05, 4.69) is 26.1 Å². The van der Waals surface area contributed by atoms with E-state index in [1.807, 2.05) is 25.2 Å². The number of aldehydes is 1. The molecule has 0 fully saturated rings. The van der Waals surface area contributed by atoms with E-state index in [1.54, 1.807) is 31.2 Å². The van der Waals surface area contributed by atoms with Crippen molar-refractivity contribution in [2.45, 2.75) is 53.9 Å². The van der Waals surface area contributed by atoms with E-state index in [1.165, 1.54) is 5.57 Å². The summed E-state index contributed by atoms with van der Waals surface area (Å²) in [5.41, 5.74) is 11.5. The SMILES string of the molecule is CCC/C(C)=C(\C=C(/C)C=O)/C=C(\C=C(/C)CC)NC(=O)c1ccc(N)cc1. The summed E-state index contributed by atoms with van der Waals surface area (Å²) in [7, 11) is 0. The van der Waals surface area contributed by atoms with Crippen molar-refractivity contribution in [1.82, 2.24) is 5.32 Å². The van der Waals surface area contributed by atoms with Gasteiger partial charge in [0.05, 0.1) is 0 Å². The molecule has 1 aromatic rings. The van der Waals surface area contributed by atoms with Crippen LogP contribution in [0.5, 0.6) is 0 Å². The Morgan fingerprint density at radius 1 is 1.04 bits per heavy atom. The highest BCUT2D eigenvalue weighted by molar-refractivity contribution is 5.96. The standard InChI is InChI=1S/C24H32N2O2/c1-6-8-19(5)21(13-18(4)16-27)15-23(14-17(3)7-2)26-24(28)20-9-11-22(25)12-10-20/h9-16H,6-8,25H2,1-5H3,(H,26,28)/b17-14+,18-13+,21-19+,23-15+. The van der Waals surface area contributed by atoms with E-state index in [0.29, 0.717) is 22.5 Å². The maximum atomic E-state index is 12.7. The molecule has 3 N–H and O–H groups in total. The highest BCUT2D eigenvalue weighted by Crippen LogP contribution is 2.18.